The normalized spacial score (nSPS) is 12.2. The van der Waals surface area contributed by atoms with Crippen LogP contribution in [-0.4, -0.2) is 38.7 Å². The molecule has 3 rings (SSSR count). The zero-order valence-corrected chi connectivity index (χ0v) is 16.6. The Morgan fingerprint density at radius 3 is 2.70 bits per heavy atom. The van der Waals surface area contributed by atoms with Gasteiger partial charge in [0.25, 0.3) is 5.56 Å². The van der Waals surface area contributed by atoms with Crippen LogP contribution in [0.5, 0.6) is 0 Å². The molecule has 0 aliphatic rings. The van der Waals surface area contributed by atoms with Crippen molar-refractivity contribution in [2.45, 2.75) is 39.3 Å². The van der Waals surface area contributed by atoms with Crippen LogP contribution in [0.2, 0.25) is 0 Å². The van der Waals surface area contributed by atoms with E-state index in [0.717, 1.165) is 13.0 Å². The second-order valence-electron chi connectivity index (χ2n) is 7.35. The average Bonchev–Trinajstić information content (AvgIpc) is 2.98. The van der Waals surface area contributed by atoms with Gasteiger partial charge in [0.15, 0.2) is 0 Å². The second kappa shape index (κ2) is 7.88. The van der Waals surface area contributed by atoms with Crippen molar-refractivity contribution in [2.24, 2.45) is 0 Å². The summed E-state index contributed by atoms with van der Waals surface area (Å²) in [6, 6.07) is 6.42. The van der Waals surface area contributed by atoms with Crippen molar-refractivity contribution < 1.29 is 9.50 Å². The first-order valence-electron chi connectivity index (χ1n) is 8.98. The summed E-state index contributed by atoms with van der Waals surface area (Å²) in [7, 11) is 0. The van der Waals surface area contributed by atoms with Crippen LogP contribution >= 0.6 is 11.3 Å². The van der Waals surface area contributed by atoms with Crippen molar-refractivity contribution >= 4 is 21.6 Å². The molecule has 2 aromatic heterocycles. The largest absolute Gasteiger partial charge is 0.389 e. The highest BCUT2D eigenvalue weighted by atomic mass is 32.1. The molecule has 5 nitrogen and oxygen atoms in total. The van der Waals surface area contributed by atoms with Gasteiger partial charge in [0.2, 0.25) is 0 Å². The molecule has 0 atom stereocenters. The Bertz CT molecular complexity index is 991. The number of halogens is 1. The molecule has 0 saturated heterocycles. The standard InChI is InChI=1S/C20H24FN3O2S/c1-4-9-24(12-20(2,3)26)10-16-22-18(25)17-14(11-27-19(17)23-16)13-7-5-6-8-15(13)21/h5-8,11,26H,4,9-10,12H2,1-3H3,(H,22,23,25). The molecule has 0 unspecified atom stereocenters. The number of hydrogen-bond acceptors (Lipinski definition) is 5. The Balaban J connectivity index is 1.96. The molecule has 0 amide bonds. The van der Waals surface area contributed by atoms with Gasteiger partial charge >= 0.3 is 0 Å². The molecule has 2 N–H and O–H groups in total. The predicted octanol–water partition coefficient (Wildman–Crippen LogP) is 3.77. The smallest absolute Gasteiger partial charge is 0.260 e. The maximum absolute atomic E-state index is 14.1. The number of H-pyrrole nitrogens is 1. The lowest BCUT2D eigenvalue weighted by Crippen LogP contribution is -2.39. The van der Waals surface area contributed by atoms with Crippen molar-refractivity contribution in [2.75, 3.05) is 13.1 Å². The van der Waals surface area contributed by atoms with Crippen molar-refractivity contribution in [3.63, 3.8) is 0 Å². The number of fused-ring (bicyclic) bond motifs is 1. The number of aliphatic hydroxyl groups is 1. The minimum atomic E-state index is -0.833. The van der Waals surface area contributed by atoms with Gasteiger partial charge in [-0.3, -0.25) is 9.69 Å². The van der Waals surface area contributed by atoms with Gasteiger partial charge < -0.3 is 10.1 Å². The number of thiophene rings is 1. The van der Waals surface area contributed by atoms with Crippen LogP contribution in [0.25, 0.3) is 21.3 Å². The number of nitrogens with zero attached hydrogens (tertiary/aromatic N) is 2. The molecule has 3 aromatic rings. The van der Waals surface area contributed by atoms with Crippen molar-refractivity contribution in [3.8, 4) is 11.1 Å². The predicted molar refractivity (Wildman–Crippen MR) is 108 cm³/mol. The third-order valence-corrected chi connectivity index (χ3v) is 5.05. The fourth-order valence-electron chi connectivity index (χ4n) is 3.24. The van der Waals surface area contributed by atoms with Crippen LogP contribution in [-0.2, 0) is 6.54 Å². The fourth-order valence-corrected chi connectivity index (χ4v) is 4.19. The maximum Gasteiger partial charge on any atom is 0.260 e. The third kappa shape index (κ3) is 4.61. The molecule has 27 heavy (non-hydrogen) atoms. The monoisotopic (exact) mass is 389 g/mol. The van der Waals surface area contributed by atoms with E-state index in [1.807, 2.05) is 0 Å². The molecule has 0 aliphatic carbocycles. The Morgan fingerprint density at radius 1 is 1.30 bits per heavy atom. The lowest BCUT2D eigenvalue weighted by atomic mass is 10.1. The van der Waals surface area contributed by atoms with Gasteiger partial charge in [-0.25, -0.2) is 9.37 Å². The first kappa shape index (κ1) is 19.7. The Hall–Kier alpha value is -2.09. The highest BCUT2D eigenvalue weighted by molar-refractivity contribution is 7.17. The molecule has 0 spiro atoms. The Labute approximate surface area is 161 Å². The van der Waals surface area contributed by atoms with Crippen LogP contribution in [0.4, 0.5) is 4.39 Å². The maximum atomic E-state index is 14.1. The van der Waals surface area contributed by atoms with Gasteiger partial charge in [0.05, 0.1) is 17.5 Å². The van der Waals surface area contributed by atoms with Gasteiger partial charge in [-0.05, 0) is 32.9 Å². The molecule has 0 aliphatic heterocycles. The summed E-state index contributed by atoms with van der Waals surface area (Å²) in [4.78, 5) is 22.8. The first-order valence-corrected chi connectivity index (χ1v) is 9.86. The van der Waals surface area contributed by atoms with Gasteiger partial charge in [0.1, 0.15) is 16.5 Å². The number of aromatic amines is 1. The number of nitrogens with one attached hydrogen (secondary N) is 1. The second-order valence-corrected chi connectivity index (χ2v) is 8.20. The van der Waals surface area contributed by atoms with Crippen LogP contribution in [0.1, 0.15) is 33.0 Å². The van der Waals surface area contributed by atoms with E-state index in [9.17, 15) is 14.3 Å². The number of rotatable bonds is 7. The van der Waals surface area contributed by atoms with Crippen molar-refractivity contribution in [1.82, 2.24) is 14.9 Å². The van der Waals surface area contributed by atoms with Crippen LogP contribution in [0.3, 0.4) is 0 Å². The van der Waals surface area contributed by atoms with E-state index in [1.165, 1.54) is 17.4 Å². The summed E-state index contributed by atoms with van der Waals surface area (Å²) in [6.45, 7) is 7.29. The van der Waals surface area contributed by atoms with Crippen LogP contribution in [0.15, 0.2) is 34.4 Å². The molecule has 0 radical (unpaired) electrons. The summed E-state index contributed by atoms with van der Waals surface area (Å²) >= 11 is 1.33. The molecule has 1 aromatic carbocycles. The Morgan fingerprint density at radius 2 is 2.04 bits per heavy atom. The van der Waals surface area contributed by atoms with Gasteiger partial charge in [0, 0.05) is 23.1 Å². The zero-order valence-electron chi connectivity index (χ0n) is 15.8. The molecule has 0 bridgehead atoms. The molecule has 0 saturated carbocycles. The number of benzene rings is 1. The SMILES string of the molecule is CCCN(Cc1nc2scc(-c3ccccc3F)c2c(=O)[nH]1)CC(C)(C)O. The summed E-state index contributed by atoms with van der Waals surface area (Å²) in [5, 5.41) is 12.3. The van der Waals surface area contributed by atoms with E-state index in [-0.39, 0.29) is 11.4 Å². The van der Waals surface area contributed by atoms with E-state index in [0.29, 0.717) is 40.3 Å². The summed E-state index contributed by atoms with van der Waals surface area (Å²) in [5.41, 5.74) is -0.136. The zero-order chi connectivity index (χ0) is 19.6. The van der Waals surface area contributed by atoms with Gasteiger partial charge in [-0.2, -0.15) is 0 Å². The summed E-state index contributed by atoms with van der Waals surface area (Å²) in [6.07, 6.45) is 0.930. The number of hydrogen-bond donors (Lipinski definition) is 2. The van der Waals surface area contributed by atoms with E-state index in [2.05, 4.69) is 21.8 Å². The summed E-state index contributed by atoms with van der Waals surface area (Å²) in [5.74, 6) is 0.187. The highest BCUT2D eigenvalue weighted by Gasteiger charge is 2.20. The lowest BCUT2D eigenvalue weighted by molar-refractivity contribution is 0.0327. The number of aromatic nitrogens is 2. The molecule has 144 valence electrons. The quantitative estimate of drug-likeness (QED) is 0.645. The molecule has 0 fully saturated rings. The molecule has 7 heteroatoms. The molecular weight excluding hydrogens is 365 g/mol. The van der Waals surface area contributed by atoms with Crippen molar-refractivity contribution in [1.29, 1.82) is 0 Å². The van der Waals surface area contributed by atoms with Gasteiger partial charge in [-0.1, -0.05) is 25.1 Å². The Kier molecular flexibility index (Phi) is 5.74. The van der Waals surface area contributed by atoms with Gasteiger partial charge in [-0.15, -0.1) is 11.3 Å². The van der Waals surface area contributed by atoms with E-state index >= 15 is 0 Å². The lowest BCUT2D eigenvalue weighted by Gasteiger charge is -2.28. The van der Waals surface area contributed by atoms with Crippen molar-refractivity contribution in [3.05, 3.63) is 51.6 Å². The first-order chi connectivity index (χ1) is 12.8. The highest BCUT2D eigenvalue weighted by Crippen LogP contribution is 2.32. The minimum absolute atomic E-state index is 0.269. The topological polar surface area (TPSA) is 69.2 Å². The van der Waals surface area contributed by atoms with Crippen LogP contribution < -0.4 is 5.56 Å². The third-order valence-electron chi connectivity index (χ3n) is 4.18. The molecule has 2 heterocycles. The molecular formula is C20H24FN3O2S. The van der Waals surface area contributed by atoms with E-state index < -0.39 is 5.60 Å². The van der Waals surface area contributed by atoms with E-state index in [1.54, 1.807) is 37.4 Å². The minimum Gasteiger partial charge on any atom is -0.389 e. The average molecular weight is 389 g/mol. The summed E-state index contributed by atoms with van der Waals surface area (Å²) < 4.78 is 14.1. The van der Waals surface area contributed by atoms with Crippen LogP contribution in [0, 0.1) is 5.82 Å². The fraction of sp³-hybridized carbons (Fsp3) is 0.400. The van der Waals surface area contributed by atoms with E-state index in [4.69, 9.17) is 0 Å².